The Kier molecular flexibility index (Phi) is 6.05. The van der Waals surface area contributed by atoms with Gasteiger partial charge in [-0.15, -0.1) is 0 Å². The molecule has 0 aromatic heterocycles. The molecule has 2 aliphatic heterocycles. The van der Waals surface area contributed by atoms with Gasteiger partial charge >= 0.3 is 5.97 Å². The fourth-order valence-electron chi connectivity index (χ4n) is 2.88. The van der Waals surface area contributed by atoms with Crippen LogP contribution in [-0.4, -0.2) is 55.5 Å². The molecule has 0 bridgehead atoms. The van der Waals surface area contributed by atoms with Crippen molar-refractivity contribution in [1.29, 1.82) is 0 Å². The van der Waals surface area contributed by atoms with Crippen LogP contribution in [0, 0.1) is 0 Å². The van der Waals surface area contributed by atoms with Crippen LogP contribution in [0.2, 0.25) is 0 Å². The van der Waals surface area contributed by atoms with Gasteiger partial charge in [0.2, 0.25) is 5.91 Å². The van der Waals surface area contributed by atoms with Gasteiger partial charge in [0.1, 0.15) is 10.4 Å². The quantitative estimate of drug-likeness (QED) is 0.431. The molecular formula is C19H16N2O5S2. The molecule has 0 spiro atoms. The van der Waals surface area contributed by atoms with Gasteiger partial charge in [0.05, 0.1) is 17.7 Å². The molecule has 0 aliphatic carbocycles. The number of aliphatic carboxylic acids is 1. The summed E-state index contributed by atoms with van der Waals surface area (Å²) in [7, 11) is 0. The average molecular weight is 416 g/mol. The number of benzene rings is 1. The van der Waals surface area contributed by atoms with E-state index in [-0.39, 0.29) is 23.7 Å². The van der Waals surface area contributed by atoms with Crippen LogP contribution < -0.4 is 0 Å². The standard InChI is InChI=1S/C19H16N2O5S2/c22-15-11-13(17(25)20(15)10-9-16(23)24)21-18(26)14(28-19(21)27)8-4-7-12-5-2-1-3-6-12/h1-8,13H,9-11H2,(H,23,24). The van der Waals surface area contributed by atoms with E-state index in [1.54, 1.807) is 12.2 Å². The number of amides is 3. The van der Waals surface area contributed by atoms with Crippen LogP contribution in [0.15, 0.2) is 47.4 Å². The van der Waals surface area contributed by atoms with E-state index in [9.17, 15) is 19.2 Å². The summed E-state index contributed by atoms with van der Waals surface area (Å²) in [6, 6.07) is 8.53. The maximum atomic E-state index is 12.7. The second kappa shape index (κ2) is 8.49. The fourth-order valence-corrected chi connectivity index (χ4v) is 4.19. The number of carboxylic acids is 1. The minimum absolute atomic E-state index is 0.196. The van der Waals surface area contributed by atoms with Gasteiger partial charge in [-0.3, -0.25) is 29.0 Å². The molecule has 7 nitrogen and oxygen atoms in total. The summed E-state index contributed by atoms with van der Waals surface area (Å²) in [5, 5.41) is 8.76. The molecule has 0 saturated carbocycles. The first kappa shape index (κ1) is 20.0. The molecule has 2 heterocycles. The van der Waals surface area contributed by atoms with Gasteiger partial charge in [-0.25, -0.2) is 0 Å². The zero-order chi connectivity index (χ0) is 20.3. The Labute approximate surface area is 170 Å². The highest BCUT2D eigenvalue weighted by atomic mass is 32.2. The number of carboxylic acid groups (broad SMARTS) is 1. The molecule has 0 radical (unpaired) electrons. The summed E-state index contributed by atoms with van der Waals surface area (Å²) in [6.45, 7) is -0.214. The number of allylic oxidation sites excluding steroid dienone is 2. The number of carbonyl (C=O) groups excluding carboxylic acids is 3. The number of nitrogens with zero attached hydrogens (tertiary/aromatic N) is 2. The van der Waals surface area contributed by atoms with Crippen molar-refractivity contribution >= 4 is 58.1 Å². The van der Waals surface area contributed by atoms with Crippen LogP contribution in [0.1, 0.15) is 18.4 Å². The van der Waals surface area contributed by atoms with Gasteiger partial charge in [0.25, 0.3) is 11.8 Å². The maximum absolute atomic E-state index is 12.7. The van der Waals surface area contributed by atoms with E-state index in [0.29, 0.717) is 4.91 Å². The molecule has 1 unspecified atom stereocenters. The molecule has 2 fully saturated rings. The molecule has 2 aliphatic rings. The van der Waals surface area contributed by atoms with Crippen LogP contribution in [0.25, 0.3) is 6.08 Å². The zero-order valence-electron chi connectivity index (χ0n) is 14.6. The van der Waals surface area contributed by atoms with Crippen molar-refractivity contribution < 1.29 is 24.3 Å². The van der Waals surface area contributed by atoms with Crippen LogP contribution in [0.5, 0.6) is 0 Å². The highest BCUT2D eigenvalue weighted by Gasteiger charge is 2.48. The maximum Gasteiger partial charge on any atom is 0.305 e. The fraction of sp³-hybridized carbons (Fsp3) is 0.211. The first-order valence-electron chi connectivity index (χ1n) is 8.43. The summed E-state index contributed by atoms with van der Waals surface area (Å²) in [6.07, 6.45) is 4.65. The van der Waals surface area contributed by atoms with Crippen molar-refractivity contribution in [2.75, 3.05) is 6.54 Å². The van der Waals surface area contributed by atoms with Crippen LogP contribution in [-0.2, 0) is 19.2 Å². The predicted molar refractivity (Wildman–Crippen MR) is 108 cm³/mol. The molecular weight excluding hydrogens is 400 g/mol. The largest absolute Gasteiger partial charge is 0.481 e. The lowest BCUT2D eigenvalue weighted by Gasteiger charge is -2.21. The summed E-state index contributed by atoms with van der Waals surface area (Å²) in [4.78, 5) is 50.4. The van der Waals surface area contributed by atoms with Gasteiger partial charge in [0.15, 0.2) is 0 Å². The Morgan fingerprint density at radius 1 is 1.25 bits per heavy atom. The van der Waals surface area contributed by atoms with E-state index in [0.717, 1.165) is 27.1 Å². The lowest BCUT2D eigenvalue weighted by atomic mass is 10.2. The SMILES string of the molecule is O=C(O)CCN1C(=O)CC(N2C(=O)C(=CC=Cc3ccccc3)SC2=S)C1=O. The Bertz CT molecular complexity index is 910. The van der Waals surface area contributed by atoms with E-state index in [1.165, 1.54) is 0 Å². The van der Waals surface area contributed by atoms with Gasteiger partial charge in [-0.2, -0.15) is 0 Å². The number of thiocarbonyl (C=S) groups is 1. The van der Waals surface area contributed by atoms with Gasteiger partial charge < -0.3 is 5.11 Å². The molecule has 9 heteroatoms. The summed E-state index contributed by atoms with van der Waals surface area (Å²) in [5.41, 5.74) is 0.972. The average Bonchev–Trinajstić information content (AvgIpc) is 3.09. The van der Waals surface area contributed by atoms with Crippen LogP contribution in [0.4, 0.5) is 0 Å². The molecule has 28 heavy (non-hydrogen) atoms. The van der Waals surface area contributed by atoms with E-state index in [1.807, 2.05) is 36.4 Å². The second-order valence-corrected chi connectivity index (χ2v) is 7.77. The monoisotopic (exact) mass is 416 g/mol. The lowest BCUT2D eigenvalue weighted by molar-refractivity contribution is -0.142. The molecule has 2 saturated heterocycles. The van der Waals surface area contributed by atoms with Crippen molar-refractivity contribution in [3.8, 4) is 0 Å². The third-order valence-electron chi connectivity index (χ3n) is 4.24. The number of hydrogen-bond donors (Lipinski definition) is 1. The first-order chi connectivity index (χ1) is 13.4. The molecule has 1 aromatic carbocycles. The zero-order valence-corrected chi connectivity index (χ0v) is 16.2. The third-order valence-corrected chi connectivity index (χ3v) is 5.59. The smallest absolute Gasteiger partial charge is 0.305 e. The van der Waals surface area contributed by atoms with E-state index >= 15 is 0 Å². The van der Waals surface area contributed by atoms with Gasteiger partial charge in [0, 0.05) is 6.54 Å². The Hall–Kier alpha value is -2.78. The van der Waals surface area contributed by atoms with Crippen molar-refractivity contribution in [2.45, 2.75) is 18.9 Å². The first-order valence-corrected chi connectivity index (χ1v) is 9.65. The van der Waals surface area contributed by atoms with E-state index < -0.39 is 29.7 Å². The van der Waals surface area contributed by atoms with Gasteiger partial charge in [-0.05, 0) is 11.6 Å². The van der Waals surface area contributed by atoms with E-state index in [4.69, 9.17) is 17.3 Å². The highest BCUT2D eigenvalue weighted by Crippen LogP contribution is 2.35. The Morgan fingerprint density at radius 3 is 2.64 bits per heavy atom. The third kappa shape index (κ3) is 4.20. The van der Waals surface area contributed by atoms with Crippen molar-refractivity contribution in [1.82, 2.24) is 9.80 Å². The van der Waals surface area contributed by atoms with Crippen LogP contribution in [0.3, 0.4) is 0 Å². The second-order valence-electron chi connectivity index (χ2n) is 6.09. The highest BCUT2D eigenvalue weighted by molar-refractivity contribution is 8.26. The predicted octanol–water partition coefficient (Wildman–Crippen LogP) is 2.05. The van der Waals surface area contributed by atoms with Crippen molar-refractivity contribution in [3.63, 3.8) is 0 Å². The summed E-state index contributed by atoms with van der Waals surface area (Å²) in [5.74, 6) is -2.64. The number of carbonyl (C=O) groups is 4. The molecule has 3 rings (SSSR count). The summed E-state index contributed by atoms with van der Waals surface area (Å²) < 4.78 is 0.204. The number of thioether (sulfide) groups is 1. The lowest BCUT2D eigenvalue weighted by Crippen LogP contribution is -2.44. The summed E-state index contributed by atoms with van der Waals surface area (Å²) >= 11 is 6.31. The molecule has 1 N–H and O–H groups in total. The Balaban J connectivity index is 1.72. The van der Waals surface area contributed by atoms with Crippen molar-refractivity contribution in [2.24, 2.45) is 0 Å². The molecule has 1 atom stereocenters. The molecule has 144 valence electrons. The van der Waals surface area contributed by atoms with Crippen molar-refractivity contribution in [3.05, 3.63) is 53.0 Å². The molecule has 1 aromatic rings. The number of hydrogen-bond acceptors (Lipinski definition) is 6. The number of rotatable bonds is 6. The minimum atomic E-state index is -1.11. The van der Waals surface area contributed by atoms with Gasteiger partial charge in [-0.1, -0.05) is 66.5 Å². The normalized spacial score (nSPS) is 21.6. The molecule has 3 amide bonds. The topological polar surface area (TPSA) is 95.0 Å². The van der Waals surface area contributed by atoms with E-state index in [2.05, 4.69) is 0 Å². The van der Waals surface area contributed by atoms with Crippen LogP contribution >= 0.6 is 24.0 Å². The minimum Gasteiger partial charge on any atom is -0.481 e. The number of imide groups is 1. The number of likely N-dealkylation sites (tertiary alicyclic amines) is 1. The Morgan fingerprint density at radius 2 is 1.96 bits per heavy atom.